The number of nitrogens with zero attached hydrogens (tertiary/aromatic N) is 3. The van der Waals surface area contributed by atoms with Gasteiger partial charge in [0.05, 0.1) is 14.1 Å². The van der Waals surface area contributed by atoms with Gasteiger partial charge in [0.2, 0.25) is 6.33 Å². The van der Waals surface area contributed by atoms with E-state index in [0.717, 1.165) is 0 Å². The molecule has 0 aliphatic heterocycles. The van der Waals surface area contributed by atoms with Crippen molar-refractivity contribution in [3.8, 4) is 0 Å². The van der Waals surface area contributed by atoms with Crippen molar-refractivity contribution in [1.82, 2.24) is 4.57 Å². The minimum Gasteiger partial charge on any atom is -1.00 e. The summed E-state index contributed by atoms with van der Waals surface area (Å²) in [4.78, 5) is 0. The second-order valence-corrected chi connectivity index (χ2v) is 3.29. The SMILES string of the molecule is C[n+]1ccccc1.Cn1cc[n+](C)c1.[I-].[I-]. The fraction of sp³-hybridized carbons (Fsp3) is 0.273. The third-order valence-corrected chi connectivity index (χ3v) is 1.77. The van der Waals surface area contributed by atoms with E-state index in [1.165, 1.54) is 0 Å². The predicted octanol–water partition coefficient (Wildman–Crippen LogP) is -5.63. The third-order valence-electron chi connectivity index (χ3n) is 1.77. The molecule has 2 heterocycles. The zero-order chi connectivity index (χ0) is 10.4. The Morgan fingerprint density at radius 3 is 1.56 bits per heavy atom. The van der Waals surface area contributed by atoms with E-state index in [0.29, 0.717) is 0 Å². The summed E-state index contributed by atoms with van der Waals surface area (Å²) in [6.45, 7) is 0. The molecule has 90 valence electrons. The highest BCUT2D eigenvalue weighted by Crippen LogP contribution is 1.72. The number of rotatable bonds is 0. The van der Waals surface area contributed by atoms with Crippen molar-refractivity contribution in [2.75, 3.05) is 0 Å². The van der Waals surface area contributed by atoms with Gasteiger partial charge < -0.3 is 48.0 Å². The van der Waals surface area contributed by atoms with Gasteiger partial charge in [-0.2, -0.15) is 0 Å². The average molecular weight is 445 g/mol. The number of hydrogen-bond donors (Lipinski definition) is 0. The van der Waals surface area contributed by atoms with Crippen LogP contribution in [0.25, 0.3) is 0 Å². The quantitative estimate of drug-likeness (QED) is 0.284. The summed E-state index contributed by atoms with van der Waals surface area (Å²) < 4.78 is 6.00. The van der Waals surface area contributed by atoms with Crippen LogP contribution < -0.4 is 57.1 Å². The van der Waals surface area contributed by atoms with Crippen molar-refractivity contribution in [2.45, 2.75) is 0 Å². The number of pyridine rings is 1. The lowest BCUT2D eigenvalue weighted by Crippen LogP contribution is -3.00. The van der Waals surface area contributed by atoms with Gasteiger partial charge in [-0.05, 0) is 0 Å². The van der Waals surface area contributed by atoms with Crippen molar-refractivity contribution in [3.63, 3.8) is 0 Å². The van der Waals surface area contributed by atoms with Gasteiger partial charge in [0, 0.05) is 12.1 Å². The van der Waals surface area contributed by atoms with Crippen LogP contribution in [0.3, 0.4) is 0 Å². The Labute approximate surface area is 131 Å². The summed E-state index contributed by atoms with van der Waals surface area (Å²) in [7, 11) is 6.00. The number of imidazole rings is 1. The highest BCUT2D eigenvalue weighted by molar-refractivity contribution is 4.83. The van der Waals surface area contributed by atoms with Gasteiger partial charge in [0.15, 0.2) is 12.4 Å². The van der Waals surface area contributed by atoms with E-state index in [1.807, 2.05) is 84.2 Å². The van der Waals surface area contributed by atoms with Gasteiger partial charge in [0.25, 0.3) is 0 Å². The predicted molar refractivity (Wildman–Crippen MR) is 54.2 cm³/mol. The highest BCUT2D eigenvalue weighted by Gasteiger charge is 1.87. The van der Waals surface area contributed by atoms with Crippen molar-refractivity contribution in [1.29, 1.82) is 0 Å². The molecule has 0 saturated heterocycles. The average Bonchev–Trinajstić information content (AvgIpc) is 2.52. The second-order valence-electron chi connectivity index (χ2n) is 3.29. The van der Waals surface area contributed by atoms with E-state index >= 15 is 0 Å². The standard InChI is InChI=1S/C6H8N.C5H9N2.2HI/c1-7-5-3-2-4-6-7;1-6-3-4-7(2)5-6;;/h2-6H,1H3;3-5H,1-2H3;2*1H/q2*+1;;/p-2. The molecule has 0 saturated carbocycles. The summed E-state index contributed by atoms with van der Waals surface area (Å²) in [5.74, 6) is 0. The van der Waals surface area contributed by atoms with Gasteiger partial charge in [-0.3, -0.25) is 0 Å². The third kappa shape index (κ3) is 8.03. The molecular weight excluding hydrogens is 428 g/mol. The number of hydrogen-bond acceptors (Lipinski definition) is 0. The van der Waals surface area contributed by atoms with Gasteiger partial charge in [-0.1, -0.05) is 6.07 Å². The maximum absolute atomic E-state index is 2.00. The van der Waals surface area contributed by atoms with Gasteiger partial charge >= 0.3 is 0 Å². The molecule has 0 radical (unpaired) electrons. The first kappa shape index (κ1) is 18.2. The second kappa shape index (κ2) is 10.0. The zero-order valence-electron chi connectivity index (χ0n) is 9.72. The molecule has 2 aromatic heterocycles. The van der Waals surface area contributed by atoms with E-state index < -0.39 is 0 Å². The molecule has 0 amide bonds. The molecule has 0 N–H and O–H groups in total. The summed E-state index contributed by atoms with van der Waals surface area (Å²) in [5.41, 5.74) is 0. The first-order chi connectivity index (χ1) is 6.68. The Morgan fingerprint density at radius 1 is 0.812 bits per heavy atom. The first-order valence-electron chi connectivity index (χ1n) is 4.56. The van der Waals surface area contributed by atoms with Crippen LogP contribution in [0.15, 0.2) is 49.3 Å². The van der Waals surface area contributed by atoms with Crippen LogP contribution in [0.1, 0.15) is 0 Å². The normalized spacial score (nSPS) is 7.94. The molecular formula is C11H17I2N3. The van der Waals surface area contributed by atoms with E-state index in [4.69, 9.17) is 0 Å². The van der Waals surface area contributed by atoms with Gasteiger partial charge in [-0.15, -0.1) is 0 Å². The van der Waals surface area contributed by atoms with Crippen molar-refractivity contribution >= 4 is 0 Å². The van der Waals surface area contributed by atoms with Crippen LogP contribution in [0.2, 0.25) is 0 Å². The fourth-order valence-corrected chi connectivity index (χ4v) is 1.06. The van der Waals surface area contributed by atoms with Gasteiger partial charge in [-0.25, -0.2) is 13.7 Å². The number of aromatic nitrogens is 3. The van der Waals surface area contributed by atoms with Crippen LogP contribution in [-0.4, -0.2) is 4.57 Å². The topological polar surface area (TPSA) is 12.7 Å². The van der Waals surface area contributed by atoms with Crippen LogP contribution in [0.4, 0.5) is 0 Å². The smallest absolute Gasteiger partial charge is 0.243 e. The molecule has 2 rings (SSSR count). The van der Waals surface area contributed by atoms with Gasteiger partial charge in [0.1, 0.15) is 19.4 Å². The van der Waals surface area contributed by atoms with E-state index in [-0.39, 0.29) is 48.0 Å². The molecule has 16 heavy (non-hydrogen) atoms. The summed E-state index contributed by atoms with van der Waals surface area (Å²) in [5, 5.41) is 0. The molecule has 0 unspecified atom stereocenters. The Bertz CT molecular complexity index is 357. The molecule has 5 heteroatoms. The summed E-state index contributed by atoms with van der Waals surface area (Å²) >= 11 is 0. The lowest BCUT2D eigenvalue weighted by Gasteiger charge is -1.77. The minimum atomic E-state index is 0. The van der Waals surface area contributed by atoms with E-state index in [2.05, 4.69) is 0 Å². The lowest BCUT2D eigenvalue weighted by molar-refractivity contribution is -0.671. The molecule has 0 aliphatic carbocycles. The van der Waals surface area contributed by atoms with E-state index in [1.54, 1.807) is 0 Å². The molecule has 0 spiro atoms. The molecule has 2 aromatic rings. The summed E-state index contributed by atoms with van der Waals surface area (Å²) in [6, 6.07) is 6.00. The van der Waals surface area contributed by atoms with Crippen molar-refractivity contribution < 1.29 is 57.1 Å². The minimum absolute atomic E-state index is 0. The van der Waals surface area contributed by atoms with Crippen LogP contribution >= 0.6 is 0 Å². The lowest BCUT2D eigenvalue weighted by atomic mass is 10.5. The molecule has 0 aromatic carbocycles. The van der Waals surface area contributed by atoms with Crippen LogP contribution in [-0.2, 0) is 21.1 Å². The zero-order valence-corrected chi connectivity index (χ0v) is 14.0. The highest BCUT2D eigenvalue weighted by atomic mass is 127. The van der Waals surface area contributed by atoms with Crippen LogP contribution in [0.5, 0.6) is 0 Å². The number of aryl methyl sites for hydroxylation is 3. The van der Waals surface area contributed by atoms with E-state index in [9.17, 15) is 0 Å². The monoisotopic (exact) mass is 445 g/mol. The Kier molecular flexibility index (Phi) is 11.4. The Balaban J connectivity index is 0. The number of halogens is 2. The Hall–Kier alpha value is -0.180. The maximum Gasteiger partial charge on any atom is 0.243 e. The fourth-order valence-electron chi connectivity index (χ4n) is 1.06. The molecule has 0 atom stereocenters. The maximum atomic E-state index is 2.00. The Morgan fingerprint density at radius 2 is 1.38 bits per heavy atom. The van der Waals surface area contributed by atoms with Crippen LogP contribution in [0, 0.1) is 0 Å². The van der Waals surface area contributed by atoms with Crippen molar-refractivity contribution in [2.24, 2.45) is 21.1 Å². The molecule has 0 bridgehead atoms. The molecule has 0 aliphatic rings. The largest absolute Gasteiger partial charge is 1.00 e. The summed E-state index contributed by atoms with van der Waals surface area (Å²) in [6.07, 6.45) is 10.0. The molecule has 0 fully saturated rings. The molecule has 3 nitrogen and oxygen atoms in total. The first-order valence-corrected chi connectivity index (χ1v) is 4.56. The van der Waals surface area contributed by atoms with Crippen molar-refractivity contribution in [3.05, 3.63) is 49.3 Å².